The summed E-state index contributed by atoms with van der Waals surface area (Å²) < 4.78 is 0. The van der Waals surface area contributed by atoms with Gasteiger partial charge in [-0.15, -0.1) is 0 Å². The summed E-state index contributed by atoms with van der Waals surface area (Å²) in [5.74, 6) is 0.258. The van der Waals surface area contributed by atoms with Crippen LogP contribution in [-0.4, -0.2) is 54.0 Å². The van der Waals surface area contributed by atoms with Crippen LogP contribution in [-0.2, 0) is 4.79 Å². The Morgan fingerprint density at radius 1 is 1.24 bits per heavy atom. The first-order chi connectivity index (χ1) is 7.99. The zero-order chi connectivity index (χ0) is 12.6. The predicted molar refractivity (Wildman–Crippen MR) is 68.5 cm³/mol. The van der Waals surface area contributed by atoms with E-state index in [0.717, 1.165) is 19.5 Å². The van der Waals surface area contributed by atoms with E-state index < -0.39 is 0 Å². The molecule has 4 atom stereocenters. The van der Waals surface area contributed by atoms with Crippen LogP contribution >= 0.6 is 0 Å². The van der Waals surface area contributed by atoms with Gasteiger partial charge in [-0.1, -0.05) is 12.2 Å². The molecular formula is C13H23N3O. The molecule has 17 heavy (non-hydrogen) atoms. The molecule has 1 amide bonds. The van der Waals surface area contributed by atoms with Crippen LogP contribution in [0, 0.1) is 5.92 Å². The summed E-state index contributed by atoms with van der Waals surface area (Å²) in [7, 11) is 2.13. The van der Waals surface area contributed by atoms with Crippen molar-refractivity contribution in [3.05, 3.63) is 12.2 Å². The maximum Gasteiger partial charge on any atom is 0.229 e. The lowest BCUT2D eigenvalue weighted by Crippen LogP contribution is -2.57. The van der Waals surface area contributed by atoms with Crippen LogP contribution in [0.25, 0.3) is 0 Å². The number of nitrogens with two attached hydrogens (primary N) is 1. The number of carbonyl (C=O) groups is 1. The van der Waals surface area contributed by atoms with E-state index in [-0.39, 0.29) is 17.9 Å². The molecule has 0 aromatic carbocycles. The average Bonchev–Trinajstić information content (AvgIpc) is 2.71. The Morgan fingerprint density at radius 2 is 1.82 bits per heavy atom. The highest BCUT2D eigenvalue weighted by Crippen LogP contribution is 2.22. The van der Waals surface area contributed by atoms with E-state index in [0.29, 0.717) is 12.1 Å². The van der Waals surface area contributed by atoms with Crippen LogP contribution in [0.2, 0.25) is 0 Å². The fourth-order valence-corrected chi connectivity index (χ4v) is 2.73. The van der Waals surface area contributed by atoms with E-state index in [1.165, 1.54) is 0 Å². The molecule has 1 fully saturated rings. The molecule has 2 N–H and O–H groups in total. The number of amides is 1. The van der Waals surface area contributed by atoms with Crippen molar-refractivity contribution >= 4 is 5.91 Å². The van der Waals surface area contributed by atoms with Crippen molar-refractivity contribution in [2.75, 3.05) is 20.1 Å². The van der Waals surface area contributed by atoms with Crippen LogP contribution in [0.1, 0.15) is 20.3 Å². The highest BCUT2D eigenvalue weighted by atomic mass is 16.2. The molecule has 0 bridgehead atoms. The van der Waals surface area contributed by atoms with Gasteiger partial charge >= 0.3 is 0 Å². The molecule has 0 saturated carbocycles. The summed E-state index contributed by atoms with van der Waals surface area (Å²) in [6, 6.07) is 0.926. The zero-order valence-corrected chi connectivity index (χ0v) is 11.0. The third kappa shape index (κ3) is 2.53. The quantitative estimate of drug-likeness (QED) is 0.673. The first-order valence-corrected chi connectivity index (χ1v) is 6.43. The van der Waals surface area contributed by atoms with Crippen molar-refractivity contribution in [3.8, 4) is 0 Å². The average molecular weight is 237 g/mol. The number of rotatable bonds is 1. The summed E-state index contributed by atoms with van der Waals surface area (Å²) in [6.45, 7) is 6.01. The number of hydrogen-bond donors (Lipinski definition) is 1. The molecule has 2 aliphatic rings. The second-order valence-electron chi connectivity index (χ2n) is 5.50. The highest BCUT2D eigenvalue weighted by Gasteiger charge is 2.33. The Hall–Kier alpha value is -0.870. The van der Waals surface area contributed by atoms with Crippen molar-refractivity contribution in [1.82, 2.24) is 9.80 Å². The van der Waals surface area contributed by atoms with Crippen molar-refractivity contribution in [2.24, 2.45) is 11.7 Å². The van der Waals surface area contributed by atoms with Crippen LogP contribution < -0.4 is 5.73 Å². The van der Waals surface area contributed by atoms with Crippen molar-refractivity contribution in [3.63, 3.8) is 0 Å². The third-order valence-corrected chi connectivity index (χ3v) is 4.11. The number of likely N-dealkylation sites (N-methyl/N-ethyl adjacent to an activating group) is 1. The summed E-state index contributed by atoms with van der Waals surface area (Å²) in [6.07, 6.45) is 4.69. The second kappa shape index (κ2) is 4.78. The largest absolute Gasteiger partial charge is 0.339 e. The number of hydrogen-bond acceptors (Lipinski definition) is 3. The molecule has 0 radical (unpaired) electrons. The molecule has 96 valence electrons. The van der Waals surface area contributed by atoms with Crippen molar-refractivity contribution in [1.29, 1.82) is 0 Å². The van der Waals surface area contributed by atoms with Crippen molar-refractivity contribution < 1.29 is 4.79 Å². The fourth-order valence-electron chi connectivity index (χ4n) is 2.73. The number of piperazine rings is 1. The van der Waals surface area contributed by atoms with Gasteiger partial charge < -0.3 is 10.6 Å². The fraction of sp³-hybridized carbons (Fsp3) is 0.769. The lowest BCUT2D eigenvalue weighted by atomic mass is 10.0. The molecule has 0 spiro atoms. The number of carbonyl (C=O) groups excluding carboxylic acids is 1. The predicted octanol–water partition coefficient (Wildman–Crippen LogP) is 0.441. The Balaban J connectivity index is 1.99. The minimum atomic E-state index is 0.00723. The molecular weight excluding hydrogens is 214 g/mol. The van der Waals surface area contributed by atoms with Crippen LogP contribution in [0.3, 0.4) is 0 Å². The van der Waals surface area contributed by atoms with E-state index in [1.807, 2.05) is 17.1 Å². The van der Waals surface area contributed by atoms with Gasteiger partial charge in [0.05, 0.1) is 5.92 Å². The molecule has 2 rings (SSSR count). The van der Waals surface area contributed by atoms with Gasteiger partial charge in [0, 0.05) is 31.2 Å². The topological polar surface area (TPSA) is 49.6 Å². The van der Waals surface area contributed by atoms with E-state index in [4.69, 9.17) is 5.73 Å². The van der Waals surface area contributed by atoms with E-state index >= 15 is 0 Å². The van der Waals surface area contributed by atoms with Crippen molar-refractivity contribution in [2.45, 2.75) is 38.4 Å². The minimum absolute atomic E-state index is 0.00723. The maximum absolute atomic E-state index is 12.3. The van der Waals surface area contributed by atoms with Gasteiger partial charge in [0.2, 0.25) is 5.91 Å². The van der Waals surface area contributed by atoms with Gasteiger partial charge in [-0.2, -0.15) is 0 Å². The summed E-state index contributed by atoms with van der Waals surface area (Å²) in [4.78, 5) is 16.7. The third-order valence-electron chi connectivity index (χ3n) is 4.11. The minimum Gasteiger partial charge on any atom is -0.339 e. The standard InChI is InChI=1S/C13H23N3O/c1-9-7-16(8-10(2)15(9)3)13(17)11-4-5-12(14)6-11/h4-5,9-12H,6-8,14H2,1-3H3. The monoisotopic (exact) mass is 237 g/mol. The summed E-state index contributed by atoms with van der Waals surface area (Å²) in [5.41, 5.74) is 5.80. The normalized spacial score (nSPS) is 38.7. The number of nitrogens with zero attached hydrogens (tertiary/aromatic N) is 2. The highest BCUT2D eigenvalue weighted by molar-refractivity contribution is 5.81. The molecule has 1 aliphatic heterocycles. The lowest BCUT2D eigenvalue weighted by molar-refractivity contribution is -0.138. The first-order valence-electron chi connectivity index (χ1n) is 6.43. The van der Waals surface area contributed by atoms with E-state index in [2.05, 4.69) is 25.8 Å². The van der Waals surface area contributed by atoms with Gasteiger partial charge in [0.1, 0.15) is 0 Å². The SMILES string of the molecule is CC1CN(C(=O)C2C=CC(N)C2)CC(C)N1C. The van der Waals surface area contributed by atoms with Crippen LogP contribution in [0.5, 0.6) is 0 Å². The van der Waals surface area contributed by atoms with Gasteiger partial charge in [-0.25, -0.2) is 0 Å². The zero-order valence-electron chi connectivity index (χ0n) is 11.0. The molecule has 4 nitrogen and oxygen atoms in total. The van der Waals surface area contributed by atoms with Gasteiger partial charge in [0.15, 0.2) is 0 Å². The molecule has 4 unspecified atom stereocenters. The maximum atomic E-state index is 12.3. The summed E-state index contributed by atoms with van der Waals surface area (Å²) in [5, 5.41) is 0. The van der Waals surface area contributed by atoms with E-state index in [9.17, 15) is 4.79 Å². The molecule has 1 aliphatic carbocycles. The molecule has 1 saturated heterocycles. The van der Waals surface area contributed by atoms with Gasteiger partial charge in [-0.05, 0) is 27.3 Å². The molecule has 0 aromatic heterocycles. The van der Waals surface area contributed by atoms with Crippen LogP contribution in [0.4, 0.5) is 0 Å². The second-order valence-corrected chi connectivity index (χ2v) is 5.50. The van der Waals surface area contributed by atoms with E-state index in [1.54, 1.807) is 0 Å². The molecule has 0 aromatic rings. The molecule has 4 heteroatoms. The smallest absolute Gasteiger partial charge is 0.229 e. The Bertz CT molecular complexity index is 317. The Labute approximate surface area is 103 Å². The van der Waals surface area contributed by atoms with Gasteiger partial charge in [-0.3, -0.25) is 9.69 Å². The Morgan fingerprint density at radius 3 is 2.29 bits per heavy atom. The first kappa shape index (κ1) is 12.6. The lowest BCUT2D eigenvalue weighted by Gasteiger charge is -2.43. The van der Waals surface area contributed by atoms with Gasteiger partial charge in [0.25, 0.3) is 0 Å². The Kier molecular flexibility index (Phi) is 3.54. The summed E-state index contributed by atoms with van der Waals surface area (Å²) >= 11 is 0. The molecule has 1 heterocycles. The van der Waals surface area contributed by atoms with Crippen LogP contribution in [0.15, 0.2) is 12.2 Å².